The van der Waals surface area contributed by atoms with Crippen molar-refractivity contribution in [2.75, 3.05) is 0 Å². The van der Waals surface area contributed by atoms with Crippen molar-refractivity contribution in [3.05, 3.63) is 28.8 Å². The highest BCUT2D eigenvalue weighted by Crippen LogP contribution is 2.16. The maximum absolute atomic E-state index is 12.0. The number of carboxylic acids is 1. The molecule has 0 aliphatic heterocycles. The molecular formula is C13H17BO4. The number of aryl methyl sites for hydroxylation is 1. The molecule has 4 nitrogen and oxygen atoms in total. The standard InChI is InChI=1S/C13H17BO4/c1-7-5-9(12(17)18-13(2,3)4)8(11(15)16)6-10(7)14/h5-6H,14H2,1-4H3,(H,15,16). The van der Waals surface area contributed by atoms with Gasteiger partial charge in [-0.2, -0.15) is 0 Å². The first-order valence-corrected chi connectivity index (χ1v) is 5.69. The van der Waals surface area contributed by atoms with Gasteiger partial charge in [-0.1, -0.05) is 17.1 Å². The fourth-order valence-electron chi connectivity index (χ4n) is 1.50. The predicted octanol–water partition coefficient (Wildman–Crippen LogP) is 0.907. The van der Waals surface area contributed by atoms with Crippen LogP contribution in [0.4, 0.5) is 0 Å². The highest BCUT2D eigenvalue weighted by atomic mass is 16.6. The van der Waals surface area contributed by atoms with Gasteiger partial charge < -0.3 is 9.84 Å². The lowest BCUT2D eigenvalue weighted by Crippen LogP contribution is -2.26. The van der Waals surface area contributed by atoms with Crippen molar-refractivity contribution < 1.29 is 19.4 Å². The van der Waals surface area contributed by atoms with E-state index < -0.39 is 17.5 Å². The lowest BCUT2D eigenvalue weighted by atomic mass is 9.87. The van der Waals surface area contributed by atoms with Crippen molar-refractivity contribution in [3.63, 3.8) is 0 Å². The summed E-state index contributed by atoms with van der Waals surface area (Å²) in [7, 11) is 1.81. The third kappa shape index (κ3) is 3.36. The van der Waals surface area contributed by atoms with Crippen molar-refractivity contribution in [3.8, 4) is 0 Å². The Bertz CT molecular complexity index is 500. The summed E-state index contributed by atoms with van der Waals surface area (Å²) in [4.78, 5) is 23.1. The van der Waals surface area contributed by atoms with E-state index in [1.54, 1.807) is 34.7 Å². The smallest absolute Gasteiger partial charge is 0.339 e. The number of hydrogen-bond acceptors (Lipinski definition) is 3. The number of esters is 1. The van der Waals surface area contributed by atoms with Gasteiger partial charge in [-0.25, -0.2) is 9.59 Å². The van der Waals surface area contributed by atoms with Crippen molar-refractivity contribution in [2.24, 2.45) is 0 Å². The van der Waals surface area contributed by atoms with E-state index in [1.165, 1.54) is 6.07 Å². The molecule has 96 valence electrons. The molecule has 0 radical (unpaired) electrons. The Kier molecular flexibility index (Phi) is 3.84. The molecule has 1 aromatic rings. The Labute approximate surface area is 107 Å². The summed E-state index contributed by atoms with van der Waals surface area (Å²) in [5, 5.41) is 9.12. The molecule has 0 spiro atoms. The third-order valence-corrected chi connectivity index (χ3v) is 2.48. The molecule has 0 aliphatic rings. The summed E-state index contributed by atoms with van der Waals surface area (Å²) in [6.45, 7) is 7.06. The number of carbonyl (C=O) groups is 2. The zero-order valence-corrected chi connectivity index (χ0v) is 11.3. The Morgan fingerprint density at radius 1 is 1.22 bits per heavy atom. The van der Waals surface area contributed by atoms with E-state index in [0.717, 1.165) is 11.0 Å². The van der Waals surface area contributed by atoms with Gasteiger partial charge in [0.25, 0.3) is 0 Å². The Morgan fingerprint density at radius 2 is 1.78 bits per heavy atom. The number of benzene rings is 1. The van der Waals surface area contributed by atoms with Gasteiger partial charge in [0.1, 0.15) is 13.4 Å². The van der Waals surface area contributed by atoms with Crippen molar-refractivity contribution in [2.45, 2.75) is 33.3 Å². The predicted molar refractivity (Wildman–Crippen MR) is 71.5 cm³/mol. The summed E-state index contributed by atoms with van der Waals surface area (Å²) in [5.41, 5.74) is 1.12. The minimum atomic E-state index is -1.13. The maximum atomic E-state index is 12.0. The summed E-state index contributed by atoms with van der Waals surface area (Å²) in [6.07, 6.45) is 0. The monoisotopic (exact) mass is 248 g/mol. The van der Waals surface area contributed by atoms with Gasteiger partial charge in [0.05, 0.1) is 11.1 Å². The van der Waals surface area contributed by atoms with Crippen LogP contribution >= 0.6 is 0 Å². The zero-order valence-electron chi connectivity index (χ0n) is 11.3. The first-order valence-electron chi connectivity index (χ1n) is 5.69. The average Bonchev–Trinajstić information content (AvgIpc) is 2.18. The molecule has 0 saturated carbocycles. The molecule has 0 aliphatic carbocycles. The summed E-state index contributed by atoms with van der Waals surface area (Å²) in [6, 6.07) is 3.06. The second-order valence-corrected chi connectivity index (χ2v) is 5.29. The van der Waals surface area contributed by atoms with Gasteiger partial charge in [-0.3, -0.25) is 0 Å². The minimum Gasteiger partial charge on any atom is -0.478 e. The molecule has 0 amide bonds. The second kappa shape index (κ2) is 4.84. The maximum Gasteiger partial charge on any atom is 0.339 e. The van der Waals surface area contributed by atoms with E-state index in [9.17, 15) is 9.59 Å². The third-order valence-electron chi connectivity index (χ3n) is 2.48. The van der Waals surface area contributed by atoms with Gasteiger partial charge in [0.2, 0.25) is 0 Å². The van der Waals surface area contributed by atoms with Gasteiger partial charge in [0.15, 0.2) is 0 Å². The zero-order chi connectivity index (χ0) is 14.1. The molecule has 0 aromatic heterocycles. The van der Waals surface area contributed by atoms with E-state index in [1.807, 2.05) is 6.92 Å². The van der Waals surface area contributed by atoms with E-state index in [0.29, 0.717) is 0 Å². The van der Waals surface area contributed by atoms with Crippen molar-refractivity contribution in [1.82, 2.24) is 0 Å². The van der Waals surface area contributed by atoms with Crippen LogP contribution in [0.1, 0.15) is 47.1 Å². The van der Waals surface area contributed by atoms with Crippen LogP contribution < -0.4 is 5.46 Å². The van der Waals surface area contributed by atoms with Crippen LogP contribution in [0.5, 0.6) is 0 Å². The van der Waals surface area contributed by atoms with Crippen LogP contribution in [-0.4, -0.2) is 30.5 Å². The number of rotatable bonds is 2. The van der Waals surface area contributed by atoms with Crippen LogP contribution in [0.15, 0.2) is 12.1 Å². The van der Waals surface area contributed by atoms with Crippen molar-refractivity contribution in [1.29, 1.82) is 0 Å². The van der Waals surface area contributed by atoms with Gasteiger partial charge in [0, 0.05) is 0 Å². The molecule has 1 N–H and O–H groups in total. The van der Waals surface area contributed by atoms with Crippen LogP contribution in [-0.2, 0) is 4.74 Å². The molecule has 0 atom stereocenters. The van der Waals surface area contributed by atoms with Crippen molar-refractivity contribution >= 4 is 25.2 Å². The molecule has 1 rings (SSSR count). The summed E-state index contributed by atoms with van der Waals surface area (Å²) < 4.78 is 5.21. The Balaban J connectivity index is 3.26. The number of carboxylic acid groups (broad SMARTS) is 1. The summed E-state index contributed by atoms with van der Waals surface area (Å²) >= 11 is 0. The molecule has 1 aromatic carbocycles. The SMILES string of the molecule is Bc1cc(C(=O)O)c(C(=O)OC(C)(C)C)cc1C. The van der Waals surface area contributed by atoms with Crippen LogP contribution in [0.2, 0.25) is 0 Å². The van der Waals surface area contributed by atoms with Crippen LogP contribution in [0.3, 0.4) is 0 Å². The quantitative estimate of drug-likeness (QED) is 0.624. The molecule has 5 heteroatoms. The first-order chi connectivity index (χ1) is 8.11. The molecule has 0 heterocycles. The fraction of sp³-hybridized carbons (Fsp3) is 0.385. The summed E-state index contributed by atoms with van der Waals surface area (Å²) in [5.74, 6) is -1.73. The Hall–Kier alpha value is -1.78. The number of ether oxygens (including phenoxy) is 1. The topological polar surface area (TPSA) is 63.6 Å². The number of carbonyl (C=O) groups excluding carboxylic acids is 1. The lowest BCUT2D eigenvalue weighted by molar-refractivity contribution is 0.00658. The normalized spacial score (nSPS) is 11.1. The molecule has 0 unspecified atom stereocenters. The average molecular weight is 248 g/mol. The molecule has 18 heavy (non-hydrogen) atoms. The largest absolute Gasteiger partial charge is 0.478 e. The Morgan fingerprint density at radius 3 is 2.22 bits per heavy atom. The highest BCUT2D eigenvalue weighted by Gasteiger charge is 2.23. The van der Waals surface area contributed by atoms with Gasteiger partial charge in [-0.05, 0) is 33.8 Å². The van der Waals surface area contributed by atoms with E-state index in [-0.39, 0.29) is 11.1 Å². The van der Waals surface area contributed by atoms with E-state index in [4.69, 9.17) is 9.84 Å². The molecule has 0 bridgehead atoms. The lowest BCUT2D eigenvalue weighted by Gasteiger charge is -2.20. The molecule has 0 fully saturated rings. The van der Waals surface area contributed by atoms with Gasteiger partial charge in [-0.15, -0.1) is 0 Å². The first kappa shape index (κ1) is 14.3. The van der Waals surface area contributed by atoms with Crippen LogP contribution in [0, 0.1) is 6.92 Å². The fourth-order valence-corrected chi connectivity index (χ4v) is 1.50. The highest BCUT2D eigenvalue weighted by molar-refractivity contribution is 6.34. The molecular weight excluding hydrogens is 231 g/mol. The minimum absolute atomic E-state index is 0.0210. The van der Waals surface area contributed by atoms with E-state index >= 15 is 0 Å². The number of aromatic carboxylic acids is 1. The molecule has 0 saturated heterocycles. The van der Waals surface area contributed by atoms with Gasteiger partial charge >= 0.3 is 11.9 Å². The number of hydrogen-bond donors (Lipinski definition) is 1. The second-order valence-electron chi connectivity index (χ2n) is 5.29. The van der Waals surface area contributed by atoms with E-state index in [2.05, 4.69) is 0 Å². The van der Waals surface area contributed by atoms with Crippen LogP contribution in [0.25, 0.3) is 0 Å².